The van der Waals surface area contributed by atoms with Gasteiger partial charge in [-0.25, -0.2) is 0 Å². The Morgan fingerprint density at radius 3 is 2.69 bits per heavy atom. The second-order valence-electron chi connectivity index (χ2n) is 5.78. The number of nitrogens with two attached hydrogens (primary N) is 1. The zero-order chi connectivity index (χ0) is 12.3. The summed E-state index contributed by atoms with van der Waals surface area (Å²) in [4.78, 5) is 14.0. The van der Waals surface area contributed by atoms with Crippen LogP contribution in [-0.4, -0.2) is 42.0 Å². The Hall–Kier alpha value is -0.610. The number of amides is 1. The first-order valence-corrected chi connectivity index (χ1v) is 6.06. The second kappa shape index (κ2) is 5.15. The van der Waals surface area contributed by atoms with Crippen LogP contribution in [0.25, 0.3) is 0 Å². The monoisotopic (exact) mass is 227 g/mol. The van der Waals surface area contributed by atoms with Gasteiger partial charge in [-0.2, -0.15) is 0 Å². The topological polar surface area (TPSA) is 58.4 Å². The van der Waals surface area contributed by atoms with Crippen molar-refractivity contribution in [2.75, 3.05) is 13.6 Å². The Labute approximate surface area is 98.6 Å². The lowest BCUT2D eigenvalue weighted by atomic mass is 9.97. The third kappa shape index (κ3) is 4.49. The number of nitrogens with one attached hydrogen (secondary N) is 1. The van der Waals surface area contributed by atoms with Gasteiger partial charge in [-0.3, -0.25) is 4.79 Å². The van der Waals surface area contributed by atoms with E-state index < -0.39 is 5.54 Å². The molecule has 0 bridgehead atoms. The molecule has 2 unspecified atom stereocenters. The SMILES string of the molecule is CC1CC(NC(=O)CC(C)(C)N)CCN1C. The van der Waals surface area contributed by atoms with Crippen molar-refractivity contribution in [3.63, 3.8) is 0 Å². The third-order valence-electron chi connectivity index (χ3n) is 3.19. The number of hydrogen-bond donors (Lipinski definition) is 2. The normalized spacial score (nSPS) is 27.8. The quantitative estimate of drug-likeness (QED) is 0.746. The van der Waals surface area contributed by atoms with E-state index in [2.05, 4.69) is 24.2 Å². The molecule has 0 aromatic heterocycles. The smallest absolute Gasteiger partial charge is 0.222 e. The van der Waals surface area contributed by atoms with Gasteiger partial charge < -0.3 is 16.0 Å². The van der Waals surface area contributed by atoms with Gasteiger partial charge in [0.1, 0.15) is 0 Å². The summed E-state index contributed by atoms with van der Waals surface area (Å²) in [6.45, 7) is 7.01. The average molecular weight is 227 g/mol. The number of nitrogens with zero attached hydrogens (tertiary/aromatic N) is 1. The lowest BCUT2D eigenvalue weighted by molar-refractivity contribution is -0.123. The molecule has 1 rings (SSSR count). The van der Waals surface area contributed by atoms with Gasteiger partial charge in [-0.1, -0.05) is 0 Å². The summed E-state index contributed by atoms with van der Waals surface area (Å²) in [7, 11) is 2.13. The van der Waals surface area contributed by atoms with Gasteiger partial charge in [0.05, 0.1) is 0 Å². The van der Waals surface area contributed by atoms with Crippen molar-refractivity contribution in [3.05, 3.63) is 0 Å². The Bertz CT molecular complexity index is 247. The van der Waals surface area contributed by atoms with Crippen LogP contribution in [-0.2, 0) is 4.79 Å². The van der Waals surface area contributed by atoms with E-state index in [1.807, 2.05) is 13.8 Å². The number of carbonyl (C=O) groups is 1. The molecule has 0 saturated carbocycles. The van der Waals surface area contributed by atoms with Gasteiger partial charge >= 0.3 is 0 Å². The molecule has 94 valence electrons. The molecule has 1 heterocycles. The molecule has 4 heteroatoms. The van der Waals surface area contributed by atoms with E-state index in [9.17, 15) is 4.79 Å². The lowest BCUT2D eigenvalue weighted by Crippen LogP contribution is -2.49. The van der Waals surface area contributed by atoms with Gasteiger partial charge in [-0.05, 0) is 40.7 Å². The Morgan fingerprint density at radius 1 is 1.56 bits per heavy atom. The highest BCUT2D eigenvalue weighted by atomic mass is 16.1. The van der Waals surface area contributed by atoms with E-state index in [0.717, 1.165) is 19.4 Å². The molecule has 1 fully saturated rings. The van der Waals surface area contributed by atoms with E-state index in [1.165, 1.54) is 0 Å². The second-order valence-corrected chi connectivity index (χ2v) is 5.78. The summed E-state index contributed by atoms with van der Waals surface area (Å²) in [5.41, 5.74) is 5.41. The maximum absolute atomic E-state index is 11.7. The standard InChI is InChI=1S/C12H25N3O/c1-9-7-10(5-6-15(9)4)14-11(16)8-12(2,3)13/h9-10H,5-8,13H2,1-4H3,(H,14,16). The predicted molar refractivity (Wildman–Crippen MR) is 66.1 cm³/mol. The summed E-state index contributed by atoms with van der Waals surface area (Å²) in [5.74, 6) is 0.0780. The number of hydrogen-bond acceptors (Lipinski definition) is 3. The summed E-state index contributed by atoms with van der Waals surface area (Å²) in [6, 6.07) is 0.867. The molecule has 2 atom stereocenters. The molecule has 1 aliphatic heterocycles. The van der Waals surface area contributed by atoms with Crippen molar-refractivity contribution in [2.45, 2.75) is 57.7 Å². The fraction of sp³-hybridized carbons (Fsp3) is 0.917. The van der Waals surface area contributed by atoms with Crippen molar-refractivity contribution < 1.29 is 4.79 Å². The molecule has 1 aliphatic rings. The van der Waals surface area contributed by atoms with Gasteiger partial charge in [0.15, 0.2) is 0 Å². The highest BCUT2D eigenvalue weighted by Crippen LogP contribution is 2.15. The number of rotatable bonds is 3. The van der Waals surface area contributed by atoms with E-state index in [4.69, 9.17) is 5.73 Å². The summed E-state index contributed by atoms with van der Waals surface area (Å²) in [6.07, 6.45) is 2.47. The highest BCUT2D eigenvalue weighted by Gasteiger charge is 2.25. The summed E-state index contributed by atoms with van der Waals surface area (Å²) in [5, 5.41) is 3.08. The minimum atomic E-state index is -0.416. The zero-order valence-corrected chi connectivity index (χ0v) is 10.9. The molecule has 4 nitrogen and oxygen atoms in total. The van der Waals surface area contributed by atoms with Crippen LogP contribution in [0.1, 0.15) is 40.0 Å². The van der Waals surface area contributed by atoms with E-state index in [0.29, 0.717) is 18.5 Å². The van der Waals surface area contributed by atoms with E-state index >= 15 is 0 Å². The fourth-order valence-corrected chi connectivity index (χ4v) is 2.11. The minimum absolute atomic E-state index is 0.0780. The molecule has 0 aliphatic carbocycles. The van der Waals surface area contributed by atoms with Crippen molar-refractivity contribution in [1.82, 2.24) is 10.2 Å². The van der Waals surface area contributed by atoms with Crippen LogP contribution >= 0.6 is 0 Å². The van der Waals surface area contributed by atoms with Gasteiger partial charge in [0, 0.05) is 30.6 Å². The van der Waals surface area contributed by atoms with E-state index in [1.54, 1.807) is 0 Å². The van der Waals surface area contributed by atoms with Crippen LogP contribution in [0.4, 0.5) is 0 Å². The average Bonchev–Trinajstić information content (AvgIpc) is 2.08. The number of carbonyl (C=O) groups excluding carboxylic acids is 1. The first-order chi connectivity index (χ1) is 7.28. The molecule has 16 heavy (non-hydrogen) atoms. The summed E-state index contributed by atoms with van der Waals surface area (Å²) >= 11 is 0. The third-order valence-corrected chi connectivity index (χ3v) is 3.19. The molecule has 0 spiro atoms. The van der Waals surface area contributed by atoms with Crippen LogP contribution in [0.5, 0.6) is 0 Å². The molecular weight excluding hydrogens is 202 g/mol. The van der Waals surface area contributed by atoms with Crippen molar-refractivity contribution >= 4 is 5.91 Å². The molecule has 0 radical (unpaired) electrons. The predicted octanol–water partition coefficient (Wildman–Crippen LogP) is 0.713. The van der Waals surface area contributed by atoms with Crippen molar-refractivity contribution in [2.24, 2.45) is 5.73 Å². The molecule has 0 aromatic rings. The van der Waals surface area contributed by atoms with Crippen LogP contribution in [0.3, 0.4) is 0 Å². The Morgan fingerprint density at radius 2 is 2.19 bits per heavy atom. The van der Waals surface area contributed by atoms with Gasteiger partial charge in [0.25, 0.3) is 0 Å². The van der Waals surface area contributed by atoms with Crippen molar-refractivity contribution in [3.8, 4) is 0 Å². The number of piperidine rings is 1. The Balaban J connectivity index is 2.35. The molecular formula is C12H25N3O. The minimum Gasteiger partial charge on any atom is -0.353 e. The first-order valence-electron chi connectivity index (χ1n) is 6.06. The van der Waals surface area contributed by atoms with Crippen molar-refractivity contribution in [1.29, 1.82) is 0 Å². The maximum Gasteiger partial charge on any atom is 0.222 e. The van der Waals surface area contributed by atoms with Crippen LogP contribution in [0, 0.1) is 0 Å². The molecule has 0 aromatic carbocycles. The van der Waals surface area contributed by atoms with Gasteiger partial charge in [-0.15, -0.1) is 0 Å². The van der Waals surface area contributed by atoms with Crippen LogP contribution in [0.2, 0.25) is 0 Å². The zero-order valence-electron chi connectivity index (χ0n) is 10.9. The molecule has 3 N–H and O–H groups in total. The maximum atomic E-state index is 11.7. The van der Waals surface area contributed by atoms with Crippen LogP contribution < -0.4 is 11.1 Å². The molecule has 1 saturated heterocycles. The van der Waals surface area contributed by atoms with Gasteiger partial charge in [0.2, 0.25) is 5.91 Å². The fourth-order valence-electron chi connectivity index (χ4n) is 2.11. The largest absolute Gasteiger partial charge is 0.353 e. The molecule has 1 amide bonds. The Kier molecular flexibility index (Phi) is 4.33. The highest BCUT2D eigenvalue weighted by molar-refractivity contribution is 5.77. The summed E-state index contributed by atoms with van der Waals surface area (Å²) < 4.78 is 0. The number of likely N-dealkylation sites (tertiary alicyclic amines) is 1. The van der Waals surface area contributed by atoms with E-state index in [-0.39, 0.29) is 5.91 Å². The first kappa shape index (κ1) is 13.5. The lowest BCUT2D eigenvalue weighted by Gasteiger charge is -2.35. The van der Waals surface area contributed by atoms with Crippen LogP contribution in [0.15, 0.2) is 0 Å².